The molecule has 1 aliphatic rings. The van der Waals surface area contributed by atoms with Crippen LogP contribution < -0.4 is 10.6 Å². The van der Waals surface area contributed by atoms with Crippen LogP contribution in [0.2, 0.25) is 0 Å². The van der Waals surface area contributed by atoms with E-state index in [1.165, 1.54) is 0 Å². The Balaban J connectivity index is 2.88. The lowest BCUT2D eigenvalue weighted by Crippen LogP contribution is -2.74. The van der Waals surface area contributed by atoms with Gasteiger partial charge >= 0.3 is 0 Å². The van der Waals surface area contributed by atoms with Gasteiger partial charge in [-0.2, -0.15) is 0 Å². The molecule has 1 fully saturated rings. The van der Waals surface area contributed by atoms with E-state index in [2.05, 4.69) is 5.32 Å². The van der Waals surface area contributed by atoms with Gasteiger partial charge in [-0.3, -0.25) is 9.59 Å². The summed E-state index contributed by atoms with van der Waals surface area (Å²) in [6.45, 7) is 0.184. The van der Waals surface area contributed by atoms with Gasteiger partial charge in [0, 0.05) is 6.92 Å². The summed E-state index contributed by atoms with van der Waals surface area (Å²) < 4.78 is 0. The Morgan fingerprint density at radius 1 is 1.56 bits per heavy atom. The van der Waals surface area contributed by atoms with Gasteiger partial charge < -0.3 is 31.1 Å². The number of aliphatic hydroxyl groups excluding tert-OH is 3. The van der Waals surface area contributed by atoms with E-state index in [9.17, 15) is 24.9 Å². The zero-order chi connectivity index (χ0) is 12.5. The molecule has 1 saturated heterocycles. The van der Waals surface area contributed by atoms with E-state index >= 15 is 0 Å². The van der Waals surface area contributed by atoms with Crippen molar-refractivity contribution in [2.75, 3.05) is 6.61 Å². The molecule has 0 aliphatic carbocycles. The first kappa shape index (κ1) is 12.8. The predicted molar refractivity (Wildman–Crippen MR) is 49.8 cm³/mol. The molecule has 2 amide bonds. The number of hydrogen-bond donors (Lipinski definition) is 6. The molecule has 8 nitrogen and oxygen atoms in total. The molecule has 0 bridgehead atoms. The van der Waals surface area contributed by atoms with Crippen LogP contribution in [0.4, 0.5) is 0 Å². The first-order valence-corrected chi connectivity index (χ1v) is 4.60. The maximum Gasteiger partial charge on any atom is 0.247 e. The van der Waals surface area contributed by atoms with Gasteiger partial charge in [0.25, 0.3) is 0 Å². The fourth-order valence-corrected chi connectivity index (χ4v) is 1.49. The second-order valence-electron chi connectivity index (χ2n) is 3.69. The number of nitrogens with one attached hydrogen (secondary N) is 2. The molecule has 0 spiro atoms. The summed E-state index contributed by atoms with van der Waals surface area (Å²) >= 11 is 0. The van der Waals surface area contributed by atoms with Crippen molar-refractivity contribution in [3.05, 3.63) is 0 Å². The van der Waals surface area contributed by atoms with Crippen molar-refractivity contribution in [3.63, 3.8) is 0 Å². The van der Waals surface area contributed by atoms with E-state index < -0.39 is 42.4 Å². The first-order chi connectivity index (χ1) is 7.31. The van der Waals surface area contributed by atoms with Gasteiger partial charge in [0.2, 0.25) is 11.8 Å². The molecule has 4 atom stereocenters. The third-order valence-electron chi connectivity index (χ3n) is 2.38. The molecule has 16 heavy (non-hydrogen) atoms. The quantitative estimate of drug-likeness (QED) is 0.288. The Morgan fingerprint density at radius 2 is 2.12 bits per heavy atom. The summed E-state index contributed by atoms with van der Waals surface area (Å²) in [6.07, 6.45) is -3.50. The molecule has 0 radical (unpaired) electrons. The Kier molecular flexibility index (Phi) is 3.48. The van der Waals surface area contributed by atoms with Crippen molar-refractivity contribution >= 4 is 11.8 Å². The van der Waals surface area contributed by atoms with Crippen molar-refractivity contribution in [1.82, 2.24) is 10.6 Å². The summed E-state index contributed by atoms with van der Waals surface area (Å²) in [6, 6.07) is -1.36. The van der Waals surface area contributed by atoms with Crippen LogP contribution in [0.15, 0.2) is 0 Å². The Bertz CT molecular complexity index is 309. The zero-order valence-corrected chi connectivity index (χ0v) is 8.54. The van der Waals surface area contributed by atoms with E-state index in [-0.39, 0.29) is 0 Å². The topological polar surface area (TPSA) is 139 Å². The van der Waals surface area contributed by atoms with Gasteiger partial charge in [-0.1, -0.05) is 0 Å². The fraction of sp³-hybridized carbons (Fsp3) is 0.750. The van der Waals surface area contributed by atoms with Crippen LogP contribution in [0, 0.1) is 0 Å². The molecule has 1 heterocycles. The monoisotopic (exact) mass is 234 g/mol. The van der Waals surface area contributed by atoms with E-state index in [1.807, 2.05) is 5.32 Å². The summed E-state index contributed by atoms with van der Waals surface area (Å²) in [5.74, 6) is -1.45. The molecule has 8 heteroatoms. The summed E-state index contributed by atoms with van der Waals surface area (Å²) in [5, 5.41) is 41.4. The molecule has 0 saturated carbocycles. The van der Waals surface area contributed by atoms with Crippen molar-refractivity contribution in [1.29, 1.82) is 0 Å². The van der Waals surface area contributed by atoms with Crippen molar-refractivity contribution < 1.29 is 30.0 Å². The van der Waals surface area contributed by atoms with Crippen LogP contribution >= 0.6 is 0 Å². The van der Waals surface area contributed by atoms with Crippen molar-refractivity contribution in [3.8, 4) is 0 Å². The highest BCUT2D eigenvalue weighted by molar-refractivity contribution is 5.88. The molecule has 0 aromatic carbocycles. The van der Waals surface area contributed by atoms with Gasteiger partial charge in [0.05, 0.1) is 6.61 Å². The summed E-state index contributed by atoms with van der Waals surface area (Å²) in [4.78, 5) is 22.1. The van der Waals surface area contributed by atoms with Gasteiger partial charge in [-0.05, 0) is 0 Å². The molecular weight excluding hydrogens is 220 g/mol. The van der Waals surface area contributed by atoms with Crippen molar-refractivity contribution in [2.45, 2.75) is 30.9 Å². The minimum absolute atomic E-state index is 0.569. The number of piperidine rings is 1. The second-order valence-corrected chi connectivity index (χ2v) is 3.69. The molecule has 6 N–H and O–H groups in total. The lowest BCUT2D eigenvalue weighted by molar-refractivity contribution is -0.195. The molecular formula is C8H14N2O6. The Morgan fingerprint density at radius 3 is 2.56 bits per heavy atom. The number of carbonyl (C=O) groups is 2. The average Bonchev–Trinajstić information content (AvgIpc) is 2.21. The Hall–Kier alpha value is -1.22. The number of rotatable bonds is 2. The molecule has 92 valence electrons. The van der Waals surface area contributed by atoms with E-state index in [0.717, 1.165) is 6.92 Å². The molecule has 0 aromatic rings. The third-order valence-corrected chi connectivity index (χ3v) is 2.38. The van der Waals surface area contributed by atoms with Crippen LogP contribution in [0.25, 0.3) is 0 Å². The number of hydrogen-bond acceptors (Lipinski definition) is 6. The van der Waals surface area contributed by atoms with Gasteiger partial charge in [-0.25, -0.2) is 0 Å². The summed E-state index contributed by atoms with van der Waals surface area (Å²) in [7, 11) is 0. The van der Waals surface area contributed by atoms with Crippen LogP contribution in [0.3, 0.4) is 0 Å². The third kappa shape index (κ3) is 2.14. The van der Waals surface area contributed by atoms with Gasteiger partial charge in [-0.15, -0.1) is 0 Å². The number of aliphatic hydroxyl groups is 4. The van der Waals surface area contributed by atoms with Crippen LogP contribution in [0.5, 0.6) is 0 Å². The normalized spacial score (nSPS) is 39.1. The highest BCUT2D eigenvalue weighted by Crippen LogP contribution is 2.18. The predicted octanol–water partition coefficient (Wildman–Crippen LogP) is -3.98. The molecule has 0 aromatic heterocycles. The lowest BCUT2D eigenvalue weighted by atomic mass is 9.91. The van der Waals surface area contributed by atoms with Crippen molar-refractivity contribution in [2.24, 2.45) is 0 Å². The van der Waals surface area contributed by atoms with E-state index in [0.29, 0.717) is 0 Å². The minimum atomic E-state index is -2.30. The molecule has 1 aliphatic heterocycles. The molecule has 1 rings (SSSR count). The minimum Gasteiger partial charge on any atom is -0.391 e. The van der Waals surface area contributed by atoms with Crippen LogP contribution in [-0.2, 0) is 9.59 Å². The Labute approximate surface area is 90.9 Å². The largest absolute Gasteiger partial charge is 0.391 e. The van der Waals surface area contributed by atoms with E-state index in [1.54, 1.807) is 0 Å². The summed E-state index contributed by atoms with van der Waals surface area (Å²) in [5.41, 5.74) is -2.30. The van der Waals surface area contributed by atoms with E-state index in [4.69, 9.17) is 5.11 Å². The maximum atomic E-state index is 11.4. The zero-order valence-electron chi connectivity index (χ0n) is 8.54. The van der Waals surface area contributed by atoms with Crippen LogP contribution in [0.1, 0.15) is 6.92 Å². The highest BCUT2D eigenvalue weighted by Gasteiger charge is 2.51. The average molecular weight is 234 g/mol. The fourth-order valence-electron chi connectivity index (χ4n) is 1.49. The number of amides is 2. The van der Waals surface area contributed by atoms with Gasteiger partial charge in [0.1, 0.15) is 18.2 Å². The highest BCUT2D eigenvalue weighted by atomic mass is 16.4. The molecule has 0 unspecified atom stereocenters. The maximum absolute atomic E-state index is 11.4. The standard InChI is InChI=1S/C8H14N2O6/c1-3(12)9-4-5(13)6(14)8(16,2-11)10-7(4)15/h4-6,11,13-14,16H,2H2,1H3,(H,9,12)(H,10,15)/t4-,5-,6+,8+/m1/s1. The van der Waals surface area contributed by atoms with Gasteiger partial charge in [0.15, 0.2) is 5.72 Å². The lowest BCUT2D eigenvalue weighted by Gasteiger charge is -2.42. The first-order valence-electron chi connectivity index (χ1n) is 4.60. The SMILES string of the molecule is CC(=O)N[C@H]1C(=O)N[C@](O)(CO)[C@@H](O)[C@@H]1O. The number of carbonyl (C=O) groups excluding carboxylic acids is 2. The smallest absolute Gasteiger partial charge is 0.247 e. The van der Waals surface area contributed by atoms with Crippen LogP contribution in [-0.4, -0.2) is 62.8 Å². The second kappa shape index (κ2) is 4.34.